The van der Waals surface area contributed by atoms with Crippen LogP contribution in [0.15, 0.2) is 47.6 Å². The van der Waals surface area contributed by atoms with Crippen LogP contribution in [0.5, 0.6) is 11.5 Å². The molecule has 4 rings (SSSR count). The van der Waals surface area contributed by atoms with Crippen LogP contribution < -0.4 is 14.2 Å². The van der Waals surface area contributed by atoms with Gasteiger partial charge >= 0.3 is 0 Å². The lowest BCUT2D eigenvalue weighted by atomic mass is 10.3. The molecule has 0 atom stereocenters. The van der Waals surface area contributed by atoms with Crippen LogP contribution in [0.1, 0.15) is 5.69 Å². The molecule has 3 heterocycles. The molecule has 0 spiro atoms. The number of rotatable bonds is 3. The van der Waals surface area contributed by atoms with Crippen molar-refractivity contribution in [1.82, 2.24) is 9.38 Å². The van der Waals surface area contributed by atoms with Crippen LogP contribution in [0.4, 0.5) is 5.69 Å². The van der Waals surface area contributed by atoms with E-state index in [-0.39, 0.29) is 4.90 Å². The zero-order valence-electron chi connectivity index (χ0n) is 12.9. The SMILES string of the molecule is Cc1cn2cccc(NS(=O)(=O)c3ccc4c(c3)OCCO4)c2n1. The van der Waals surface area contributed by atoms with Crippen LogP contribution in [0.25, 0.3) is 5.65 Å². The first-order valence-corrected chi connectivity index (χ1v) is 8.88. The van der Waals surface area contributed by atoms with Crippen LogP contribution in [0, 0.1) is 6.92 Å². The number of hydrogen-bond donors (Lipinski definition) is 1. The summed E-state index contributed by atoms with van der Waals surface area (Å²) < 4.78 is 40.6. The number of benzene rings is 1. The lowest BCUT2D eigenvalue weighted by Gasteiger charge is -2.19. The second kappa shape index (κ2) is 5.41. The fourth-order valence-corrected chi connectivity index (χ4v) is 3.69. The number of sulfonamides is 1. The van der Waals surface area contributed by atoms with Crippen LogP contribution in [0.2, 0.25) is 0 Å². The third-order valence-corrected chi connectivity index (χ3v) is 5.03. The number of aryl methyl sites for hydroxylation is 1. The normalized spacial score (nSPS) is 13.9. The van der Waals surface area contributed by atoms with Crippen molar-refractivity contribution < 1.29 is 17.9 Å². The summed E-state index contributed by atoms with van der Waals surface area (Å²) in [6.45, 7) is 2.71. The van der Waals surface area contributed by atoms with Gasteiger partial charge in [-0.05, 0) is 31.2 Å². The summed E-state index contributed by atoms with van der Waals surface area (Å²) in [5.41, 5.74) is 1.78. The predicted octanol–water partition coefficient (Wildman–Crippen LogP) is 2.21. The average molecular weight is 345 g/mol. The zero-order valence-corrected chi connectivity index (χ0v) is 13.7. The minimum atomic E-state index is -3.77. The van der Waals surface area contributed by atoms with E-state index in [2.05, 4.69) is 9.71 Å². The summed E-state index contributed by atoms with van der Waals surface area (Å²) in [6, 6.07) is 8.00. The van der Waals surface area contributed by atoms with E-state index in [9.17, 15) is 8.42 Å². The van der Waals surface area contributed by atoms with Gasteiger partial charge < -0.3 is 13.9 Å². The number of nitrogens with one attached hydrogen (secondary N) is 1. The van der Waals surface area contributed by atoms with E-state index in [1.54, 1.807) is 22.6 Å². The van der Waals surface area contributed by atoms with Crippen LogP contribution in [-0.4, -0.2) is 31.0 Å². The Bertz CT molecular complexity index is 1030. The molecular formula is C16H15N3O4S. The topological polar surface area (TPSA) is 81.9 Å². The lowest BCUT2D eigenvalue weighted by molar-refractivity contribution is 0.171. The summed E-state index contributed by atoms with van der Waals surface area (Å²) >= 11 is 0. The molecule has 1 aliphatic heterocycles. The molecule has 24 heavy (non-hydrogen) atoms. The first kappa shape index (κ1) is 14.8. The summed E-state index contributed by atoms with van der Waals surface area (Å²) in [7, 11) is -3.77. The predicted molar refractivity (Wildman–Crippen MR) is 88.2 cm³/mol. The molecule has 0 saturated heterocycles. The average Bonchev–Trinajstić information content (AvgIpc) is 2.95. The number of pyridine rings is 1. The summed E-state index contributed by atoms with van der Waals surface area (Å²) in [5.74, 6) is 0.977. The van der Waals surface area contributed by atoms with Gasteiger partial charge in [-0.15, -0.1) is 0 Å². The first-order valence-electron chi connectivity index (χ1n) is 7.40. The number of imidazole rings is 1. The minimum Gasteiger partial charge on any atom is -0.486 e. The molecule has 0 fully saturated rings. The van der Waals surface area contributed by atoms with E-state index in [0.29, 0.717) is 36.0 Å². The van der Waals surface area contributed by atoms with Crippen molar-refractivity contribution in [2.75, 3.05) is 17.9 Å². The van der Waals surface area contributed by atoms with Crippen molar-refractivity contribution >= 4 is 21.4 Å². The van der Waals surface area contributed by atoms with E-state index in [0.717, 1.165) is 5.69 Å². The Labute approximate surface area is 138 Å². The largest absolute Gasteiger partial charge is 0.486 e. The van der Waals surface area contributed by atoms with E-state index >= 15 is 0 Å². The summed E-state index contributed by atoms with van der Waals surface area (Å²) in [5, 5.41) is 0. The number of anilines is 1. The molecule has 0 amide bonds. The van der Waals surface area contributed by atoms with E-state index < -0.39 is 10.0 Å². The standard InChI is InChI=1S/C16H15N3O4S/c1-11-10-19-6-2-3-13(16(19)17-11)18-24(20,21)12-4-5-14-15(9-12)23-8-7-22-14/h2-6,9-10,18H,7-8H2,1H3. The molecule has 7 nitrogen and oxygen atoms in total. The van der Waals surface area contributed by atoms with Gasteiger partial charge in [-0.2, -0.15) is 0 Å². The summed E-state index contributed by atoms with van der Waals surface area (Å²) in [6.07, 6.45) is 3.65. The van der Waals surface area contributed by atoms with Crippen LogP contribution in [-0.2, 0) is 10.0 Å². The Morgan fingerprint density at radius 2 is 1.96 bits per heavy atom. The Balaban J connectivity index is 1.72. The molecule has 3 aromatic rings. The maximum atomic E-state index is 12.7. The molecule has 124 valence electrons. The highest BCUT2D eigenvalue weighted by Gasteiger charge is 2.20. The quantitative estimate of drug-likeness (QED) is 0.787. The van der Waals surface area contributed by atoms with E-state index in [4.69, 9.17) is 9.47 Å². The third-order valence-electron chi connectivity index (χ3n) is 3.67. The molecule has 1 aliphatic rings. The van der Waals surface area contributed by atoms with Crippen molar-refractivity contribution in [3.63, 3.8) is 0 Å². The molecule has 0 unspecified atom stereocenters. The van der Waals surface area contributed by atoms with Crippen molar-refractivity contribution in [3.8, 4) is 11.5 Å². The van der Waals surface area contributed by atoms with E-state index in [1.807, 2.05) is 19.3 Å². The molecular weight excluding hydrogens is 330 g/mol. The molecule has 0 aliphatic carbocycles. The number of aromatic nitrogens is 2. The van der Waals surface area contributed by atoms with Gasteiger partial charge in [-0.1, -0.05) is 0 Å². The van der Waals surface area contributed by atoms with Gasteiger partial charge in [0.25, 0.3) is 10.0 Å². The Morgan fingerprint density at radius 3 is 2.79 bits per heavy atom. The van der Waals surface area contributed by atoms with Crippen LogP contribution >= 0.6 is 0 Å². The fraction of sp³-hybridized carbons (Fsp3) is 0.188. The van der Waals surface area contributed by atoms with Gasteiger partial charge in [-0.25, -0.2) is 13.4 Å². The smallest absolute Gasteiger partial charge is 0.262 e. The third kappa shape index (κ3) is 2.54. The second-order valence-electron chi connectivity index (χ2n) is 5.45. The monoisotopic (exact) mass is 345 g/mol. The Morgan fingerprint density at radius 1 is 1.17 bits per heavy atom. The maximum Gasteiger partial charge on any atom is 0.262 e. The molecule has 2 aromatic heterocycles. The molecule has 1 aromatic carbocycles. The molecule has 8 heteroatoms. The van der Waals surface area contributed by atoms with Gasteiger partial charge in [0.05, 0.1) is 16.3 Å². The van der Waals surface area contributed by atoms with Gasteiger partial charge in [-0.3, -0.25) is 4.72 Å². The molecule has 0 radical (unpaired) electrons. The number of fused-ring (bicyclic) bond motifs is 2. The van der Waals surface area contributed by atoms with Gasteiger partial charge in [0.2, 0.25) is 0 Å². The summed E-state index contributed by atoms with van der Waals surface area (Å²) in [4.78, 5) is 4.46. The number of ether oxygens (including phenoxy) is 2. The van der Waals surface area contributed by atoms with Gasteiger partial charge in [0.1, 0.15) is 13.2 Å². The first-order chi connectivity index (χ1) is 11.5. The molecule has 0 saturated carbocycles. The van der Waals surface area contributed by atoms with Crippen LogP contribution in [0.3, 0.4) is 0 Å². The number of hydrogen-bond acceptors (Lipinski definition) is 5. The van der Waals surface area contributed by atoms with Crippen molar-refractivity contribution in [2.24, 2.45) is 0 Å². The highest BCUT2D eigenvalue weighted by atomic mass is 32.2. The van der Waals surface area contributed by atoms with E-state index in [1.165, 1.54) is 12.1 Å². The van der Waals surface area contributed by atoms with Crippen molar-refractivity contribution in [1.29, 1.82) is 0 Å². The van der Waals surface area contributed by atoms with Crippen molar-refractivity contribution in [3.05, 3.63) is 48.4 Å². The van der Waals surface area contributed by atoms with Gasteiger partial charge in [0, 0.05) is 18.5 Å². The highest BCUT2D eigenvalue weighted by Crippen LogP contribution is 2.33. The number of nitrogens with zero attached hydrogens (tertiary/aromatic N) is 2. The van der Waals surface area contributed by atoms with Crippen molar-refractivity contribution in [2.45, 2.75) is 11.8 Å². The fourth-order valence-electron chi connectivity index (χ4n) is 2.61. The lowest BCUT2D eigenvalue weighted by Crippen LogP contribution is -2.17. The van der Waals surface area contributed by atoms with Gasteiger partial charge in [0.15, 0.2) is 17.1 Å². The minimum absolute atomic E-state index is 0.108. The molecule has 1 N–H and O–H groups in total. The Hall–Kier alpha value is -2.74. The highest BCUT2D eigenvalue weighted by molar-refractivity contribution is 7.92. The second-order valence-corrected chi connectivity index (χ2v) is 7.13. The maximum absolute atomic E-state index is 12.7. The zero-order chi connectivity index (χ0) is 16.7. The molecule has 0 bridgehead atoms. The Kier molecular flexibility index (Phi) is 3.34.